The molecule has 2 amide bonds. The zero-order chi connectivity index (χ0) is 19.4. The maximum Gasteiger partial charge on any atom is 0.326 e. The number of carboxylic acids is 3. The summed E-state index contributed by atoms with van der Waals surface area (Å²) in [6.45, 7) is 3.57. The Balaban J connectivity index is 4.62. The third-order valence-corrected chi connectivity index (χ3v) is 3.02. The molecule has 5 N–H and O–H groups in total. The summed E-state index contributed by atoms with van der Waals surface area (Å²) in [6, 6.07) is -2.99. The van der Waals surface area contributed by atoms with Gasteiger partial charge < -0.3 is 30.9 Å². The van der Waals surface area contributed by atoms with Crippen LogP contribution in [0.3, 0.4) is 0 Å². The van der Waals surface area contributed by atoms with Crippen LogP contribution in [0.2, 0.25) is 0 Å². The molecule has 0 aliphatic heterocycles. The number of nitrogens with one attached hydrogen (secondary N) is 2. The van der Waals surface area contributed by atoms with Crippen LogP contribution in [0.4, 0.5) is 0 Å². The maximum absolute atomic E-state index is 11.8. The minimum atomic E-state index is -1.53. The van der Waals surface area contributed by atoms with Gasteiger partial charge >= 0.3 is 17.9 Å². The Morgan fingerprint density at radius 2 is 1.44 bits per heavy atom. The van der Waals surface area contributed by atoms with Gasteiger partial charge in [0.1, 0.15) is 12.1 Å². The number of rotatable bonds is 13. The number of hydrogen-bond acceptors (Lipinski definition) is 6. The number of aliphatic imine (C=N–C) groups is 1. The van der Waals surface area contributed by atoms with E-state index in [1.807, 2.05) is 5.32 Å². The first-order chi connectivity index (χ1) is 11.7. The van der Waals surface area contributed by atoms with Crippen molar-refractivity contribution in [2.45, 2.75) is 44.2 Å². The van der Waals surface area contributed by atoms with Gasteiger partial charge in [-0.2, -0.15) is 0 Å². The summed E-state index contributed by atoms with van der Waals surface area (Å²) >= 11 is 0. The van der Waals surface area contributed by atoms with Crippen molar-refractivity contribution in [2.75, 3.05) is 6.54 Å². The van der Waals surface area contributed by atoms with Crippen molar-refractivity contribution >= 4 is 36.4 Å². The lowest BCUT2D eigenvalue weighted by Gasteiger charge is -2.17. The van der Waals surface area contributed by atoms with Crippen LogP contribution in [0.25, 0.3) is 0 Å². The summed E-state index contributed by atoms with van der Waals surface area (Å²) in [5.74, 6) is -5.65. The molecule has 0 rings (SSSR count). The highest BCUT2D eigenvalue weighted by Crippen LogP contribution is 2.01. The minimum Gasteiger partial charge on any atom is -0.481 e. The molecular weight excluding hydrogens is 338 g/mol. The molecule has 0 unspecified atom stereocenters. The lowest BCUT2D eigenvalue weighted by Crippen LogP contribution is -2.47. The molecule has 11 nitrogen and oxygen atoms in total. The summed E-state index contributed by atoms with van der Waals surface area (Å²) in [6.07, 6.45) is -1.15. The maximum atomic E-state index is 11.8. The number of carboxylic acid groups (broad SMARTS) is 3. The SMILES string of the molecule is C=NCCCC(=O)N[C@@H](CC(=O)N[C@@H](CCC(=O)O)C(=O)O)C(=O)O. The van der Waals surface area contributed by atoms with Gasteiger partial charge in [-0.25, -0.2) is 9.59 Å². The Bertz CT molecular complexity index is 534. The fourth-order valence-corrected chi connectivity index (χ4v) is 1.78. The third kappa shape index (κ3) is 10.4. The zero-order valence-electron chi connectivity index (χ0n) is 13.4. The third-order valence-electron chi connectivity index (χ3n) is 3.02. The second kappa shape index (κ2) is 11.5. The minimum absolute atomic E-state index is 0.000775. The Kier molecular flexibility index (Phi) is 10.2. The predicted octanol–water partition coefficient (Wildman–Crippen LogP) is -1.14. The molecule has 0 saturated heterocycles. The van der Waals surface area contributed by atoms with Crippen molar-refractivity contribution in [3.05, 3.63) is 0 Å². The quantitative estimate of drug-likeness (QED) is 0.202. The van der Waals surface area contributed by atoms with Crippen LogP contribution in [0, 0.1) is 0 Å². The molecule has 25 heavy (non-hydrogen) atoms. The Labute approximate surface area is 143 Å². The largest absolute Gasteiger partial charge is 0.481 e. The van der Waals surface area contributed by atoms with E-state index in [9.17, 15) is 24.0 Å². The van der Waals surface area contributed by atoms with E-state index in [1.165, 1.54) is 0 Å². The molecule has 0 aliphatic rings. The number of carbonyl (C=O) groups excluding carboxylic acids is 2. The smallest absolute Gasteiger partial charge is 0.326 e. The van der Waals surface area contributed by atoms with E-state index < -0.39 is 54.6 Å². The first-order valence-electron chi connectivity index (χ1n) is 7.36. The van der Waals surface area contributed by atoms with Crippen LogP contribution in [0.1, 0.15) is 32.1 Å². The second-order valence-corrected chi connectivity index (χ2v) is 5.10. The van der Waals surface area contributed by atoms with Crippen LogP contribution < -0.4 is 10.6 Å². The van der Waals surface area contributed by atoms with Gasteiger partial charge in [0.05, 0.1) is 6.42 Å². The van der Waals surface area contributed by atoms with Gasteiger partial charge in [-0.3, -0.25) is 14.4 Å². The van der Waals surface area contributed by atoms with Gasteiger partial charge in [0.25, 0.3) is 0 Å². The fraction of sp³-hybridized carbons (Fsp3) is 0.571. The Morgan fingerprint density at radius 1 is 0.880 bits per heavy atom. The van der Waals surface area contributed by atoms with Crippen molar-refractivity contribution in [1.29, 1.82) is 0 Å². The van der Waals surface area contributed by atoms with Gasteiger partial charge in [-0.05, 0) is 19.6 Å². The number of aliphatic carboxylic acids is 3. The van der Waals surface area contributed by atoms with Gasteiger partial charge in [0, 0.05) is 19.4 Å². The first-order valence-corrected chi connectivity index (χ1v) is 7.36. The molecule has 0 bridgehead atoms. The van der Waals surface area contributed by atoms with E-state index in [1.54, 1.807) is 0 Å². The van der Waals surface area contributed by atoms with E-state index in [-0.39, 0.29) is 12.8 Å². The molecule has 0 aromatic carbocycles. The highest BCUT2D eigenvalue weighted by atomic mass is 16.4. The lowest BCUT2D eigenvalue weighted by molar-refractivity contribution is -0.145. The molecule has 0 aromatic rings. The predicted molar refractivity (Wildman–Crippen MR) is 84.3 cm³/mol. The molecule has 0 saturated carbocycles. The van der Waals surface area contributed by atoms with Crippen LogP contribution in [0.15, 0.2) is 4.99 Å². The summed E-state index contributed by atoms with van der Waals surface area (Å²) in [7, 11) is 0. The van der Waals surface area contributed by atoms with Gasteiger partial charge in [-0.1, -0.05) is 0 Å². The molecule has 0 aromatic heterocycles. The van der Waals surface area contributed by atoms with E-state index in [0.717, 1.165) is 0 Å². The summed E-state index contributed by atoms with van der Waals surface area (Å²) in [5.41, 5.74) is 0. The molecule has 2 atom stereocenters. The van der Waals surface area contributed by atoms with E-state index in [2.05, 4.69) is 17.0 Å². The van der Waals surface area contributed by atoms with Crippen LogP contribution >= 0.6 is 0 Å². The standard InChI is InChI=1S/C14H21N3O8/c1-15-6-2-3-10(18)17-9(14(24)25)7-11(19)16-8(13(22)23)4-5-12(20)21/h8-9H,1-7H2,(H,16,19)(H,17,18)(H,20,21)(H,22,23)(H,24,25)/t8-,9-/m0/s1. The van der Waals surface area contributed by atoms with Gasteiger partial charge in [0.2, 0.25) is 11.8 Å². The number of amides is 2. The highest BCUT2D eigenvalue weighted by Gasteiger charge is 2.26. The average molecular weight is 359 g/mol. The van der Waals surface area contributed by atoms with Crippen molar-refractivity contribution in [1.82, 2.24) is 10.6 Å². The van der Waals surface area contributed by atoms with Crippen molar-refractivity contribution in [3.8, 4) is 0 Å². The molecule has 140 valence electrons. The molecule has 0 radical (unpaired) electrons. The van der Waals surface area contributed by atoms with Crippen LogP contribution in [-0.4, -0.2) is 70.4 Å². The van der Waals surface area contributed by atoms with Crippen LogP contribution in [0.5, 0.6) is 0 Å². The number of nitrogens with zero attached hydrogens (tertiary/aromatic N) is 1. The first kappa shape index (κ1) is 22.0. The fourth-order valence-electron chi connectivity index (χ4n) is 1.78. The monoisotopic (exact) mass is 359 g/mol. The Hall–Kier alpha value is -2.98. The highest BCUT2D eigenvalue weighted by molar-refractivity contribution is 5.90. The summed E-state index contributed by atoms with van der Waals surface area (Å²) in [4.78, 5) is 59.5. The normalized spacial score (nSPS) is 12.5. The van der Waals surface area contributed by atoms with Crippen molar-refractivity contribution in [3.63, 3.8) is 0 Å². The Morgan fingerprint density at radius 3 is 1.92 bits per heavy atom. The molecule has 11 heteroatoms. The van der Waals surface area contributed by atoms with E-state index >= 15 is 0 Å². The van der Waals surface area contributed by atoms with Crippen molar-refractivity contribution in [2.24, 2.45) is 4.99 Å². The summed E-state index contributed by atoms with van der Waals surface area (Å²) in [5, 5.41) is 30.7. The average Bonchev–Trinajstić information content (AvgIpc) is 2.50. The number of carbonyl (C=O) groups is 5. The molecule has 0 heterocycles. The van der Waals surface area contributed by atoms with E-state index in [0.29, 0.717) is 13.0 Å². The summed E-state index contributed by atoms with van der Waals surface area (Å²) < 4.78 is 0. The van der Waals surface area contributed by atoms with Crippen molar-refractivity contribution < 1.29 is 39.3 Å². The molecule has 0 aliphatic carbocycles. The topological polar surface area (TPSA) is 182 Å². The second-order valence-electron chi connectivity index (χ2n) is 5.10. The number of hydrogen-bond donors (Lipinski definition) is 5. The van der Waals surface area contributed by atoms with E-state index in [4.69, 9.17) is 15.3 Å². The molecule has 0 spiro atoms. The molecular formula is C14H21N3O8. The van der Waals surface area contributed by atoms with Gasteiger partial charge in [-0.15, -0.1) is 0 Å². The zero-order valence-corrected chi connectivity index (χ0v) is 13.4. The van der Waals surface area contributed by atoms with Gasteiger partial charge in [0.15, 0.2) is 0 Å². The lowest BCUT2D eigenvalue weighted by atomic mass is 10.1. The molecule has 0 fully saturated rings. The van der Waals surface area contributed by atoms with Crippen LogP contribution in [-0.2, 0) is 24.0 Å².